The molecule has 1 aliphatic heterocycles. The number of fused-ring (bicyclic) bond motifs is 5. The molecule has 0 amide bonds. The average molecular weight is 716 g/mol. The first-order valence-electron chi connectivity index (χ1n) is 12.8. The Morgan fingerprint density at radius 2 is 1.37 bits per heavy atom. The van der Waals surface area contributed by atoms with E-state index in [1.165, 1.54) is 0 Å². The number of benzene rings is 3. The van der Waals surface area contributed by atoms with Crippen molar-refractivity contribution in [3.05, 3.63) is 140 Å². The van der Waals surface area contributed by atoms with Gasteiger partial charge in [0, 0.05) is 49.0 Å². The Balaban J connectivity index is 0.000000196. The van der Waals surface area contributed by atoms with Gasteiger partial charge in [0.05, 0.1) is 16.6 Å². The Morgan fingerprint density at radius 1 is 0.659 bits per heavy atom. The zero-order valence-corrected chi connectivity index (χ0v) is 23.9. The Bertz CT molecular complexity index is 1940. The van der Waals surface area contributed by atoms with E-state index < -0.39 is 6.17 Å². The smallest absolute Gasteiger partial charge is 0.314 e. The first-order chi connectivity index (χ1) is 19.6. The van der Waals surface area contributed by atoms with Gasteiger partial charge in [0.15, 0.2) is 5.69 Å². The van der Waals surface area contributed by atoms with Crippen molar-refractivity contribution in [3.8, 4) is 33.9 Å². The summed E-state index contributed by atoms with van der Waals surface area (Å²) < 4.78 is 34.3. The molecule has 8 rings (SSSR count). The largest absolute Gasteiger partial charge is 0.563 e. The fourth-order valence-electron chi connectivity index (χ4n) is 5.32. The summed E-state index contributed by atoms with van der Waals surface area (Å²) in [7, 11) is 0. The molecule has 0 atom stereocenters. The van der Waals surface area contributed by atoms with Gasteiger partial charge in [-0.3, -0.25) is 0 Å². The molecule has 7 heteroatoms. The van der Waals surface area contributed by atoms with Crippen molar-refractivity contribution in [2.24, 2.45) is 0 Å². The van der Waals surface area contributed by atoms with Gasteiger partial charge in [0.25, 0.3) is 0 Å². The summed E-state index contributed by atoms with van der Waals surface area (Å²) in [5.41, 5.74) is 4.99. The monoisotopic (exact) mass is 716 g/mol. The molecule has 7 aromatic rings. The molecule has 0 fully saturated rings. The third-order valence-electron chi connectivity index (χ3n) is 6.99. The first-order valence-corrected chi connectivity index (χ1v) is 12.8. The van der Waals surface area contributed by atoms with Crippen LogP contribution in [0, 0.1) is 12.1 Å². The maximum atomic E-state index is 16.0. The van der Waals surface area contributed by atoms with E-state index in [2.05, 4.69) is 22.1 Å². The van der Waals surface area contributed by atoms with Crippen LogP contribution in [0.15, 0.2) is 128 Å². The van der Waals surface area contributed by atoms with Crippen molar-refractivity contribution in [3.63, 3.8) is 0 Å². The van der Waals surface area contributed by atoms with E-state index in [1.54, 1.807) is 54.9 Å². The molecule has 0 saturated carbocycles. The predicted octanol–water partition coefficient (Wildman–Crippen LogP) is 7.53. The van der Waals surface area contributed by atoms with E-state index in [-0.39, 0.29) is 25.8 Å². The molecule has 0 spiro atoms. The number of hydrogen-bond donors (Lipinski definition) is 0. The van der Waals surface area contributed by atoms with Gasteiger partial charge in [-0.1, -0.05) is 60.7 Å². The van der Waals surface area contributed by atoms with Crippen LogP contribution in [0.5, 0.6) is 0 Å². The van der Waals surface area contributed by atoms with E-state index in [9.17, 15) is 0 Å². The molecule has 5 heterocycles. The summed E-state index contributed by atoms with van der Waals surface area (Å²) in [6.07, 6.45) is 0.0765. The fourth-order valence-corrected chi connectivity index (χ4v) is 5.32. The summed E-state index contributed by atoms with van der Waals surface area (Å²) in [4.78, 5) is 8.50. The van der Waals surface area contributed by atoms with Crippen molar-refractivity contribution in [2.45, 2.75) is 6.17 Å². The topological polar surface area (TPSA) is 34.6 Å². The summed E-state index contributed by atoms with van der Waals surface area (Å²) >= 11 is 0. The molecule has 1 radical (unpaired) electrons. The number of hydrogen-bond acceptors (Lipinski definition) is 2. The zero-order valence-electron chi connectivity index (χ0n) is 21.5. The minimum absolute atomic E-state index is 0. The minimum Gasteiger partial charge on any atom is -0.314 e. The molecule has 41 heavy (non-hydrogen) atoms. The second-order valence-electron chi connectivity index (χ2n) is 9.32. The van der Waals surface area contributed by atoms with Crippen LogP contribution in [-0.2, 0) is 26.3 Å². The van der Waals surface area contributed by atoms with Gasteiger partial charge in [0.2, 0.25) is 0 Å². The number of alkyl halides is 2. The van der Waals surface area contributed by atoms with Crippen molar-refractivity contribution in [2.75, 3.05) is 0 Å². The predicted molar refractivity (Wildman–Crippen MR) is 151 cm³/mol. The fraction of sp³-hybridized carbons (Fsp3) is 0.0294. The first kappa shape index (κ1) is 26.6. The SMILES string of the molecule is FC1(F)n2c3ccccc3c3cccc(c32)-c2cc[c-]c(-c3ccccn3)[n+]21.[Ir].[c-]1ccccc1-c1ccccn1. The van der Waals surface area contributed by atoms with Gasteiger partial charge < -0.3 is 9.97 Å². The summed E-state index contributed by atoms with van der Waals surface area (Å²) in [6, 6.07) is 41.4. The number of pyridine rings is 3. The molecule has 0 aliphatic carbocycles. The molecule has 0 saturated heterocycles. The van der Waals surface area contributed by atoms with Crippen LogP contribution in [-0.4, -0.2) is 14.5 Å². The van der Waals surface area contributed by atoms with Crippen molar-refractivity contribution in [1.82, 2.24) is 14.5 Å². The van der Waals surface area contributed by atoms with E-state index in [4.69, 9.17) is 0 Å². The van der Waals surface area contributed by atoms with Crippen LogP contribution in [0.25, 0.3) is 55.7 Å². The quantitative estimate of drug-likeness (QED) is 0.137. The third kappa shape index (κ3) is 4.44. The third-order valence-corrected chi connectivity index (χ3v) is 6.99. The molecule has 4 nitrogen and oxygen atoms in total. The molecular formula is C34H21F2IrN4-. The maximum Gasteiger partial charge on any atom is 0.563 e. The molecule has 3 aromatic carbocycles. The number of halogens is 2. The van der Waals surface area contributed by atoms with Gasteiger partial charge in [-0.15, -0.1) is 55.3 Å². The van der Waals surface area contributed by atoms with E-state index in [0.717, 1.165) is 36.7 Å². The summed E-state index contributed by atoms with van der Waals surface area (Å²) in [6.45, 7) is 0. The van der Waals surface area contributed by atoms with Crippen molar-refractivity contribution < 1.29 is 33.5 Å². The van der Waals surface area contributed by atoms with Gasteiger partial charge in [-0.05, 0) is 30.0 Å². The Kier molecular flexibility index (Phi) is 7.00. The van der Waals surface area contributed by atoms with Gasteiger partial charge in [-0.2, -0.15) is 6.07 Å². The number of para-hydroxylation sites is 2. The van der Waals surface area contributed by atoms with Crippen molar-refractivity contribution in [1.29, 1.82) is 0 Å². The second kappa shape index (κ2) is 10.8. The summed E-state index contributed by atoms with van der Waals surface area (Å²) in [5, 5.41) is 1.64. The molecule has 0 N–H and O–H groups in total. The van der Waals surface area contributed by atoms with Crippen LogP contribution in [0.1, 0.15) is 0 Å². The molecular weight excluding hydrogens is 695 g/mol. The molecule has 0 bridgehead atoms. The van der Waals surface area contributed by atoms with Crippen LogP contribution in [0.4, 0.5) is 8.78 Å². The number of rotatable bonds is 2. The maximum absolute atomic E-state index is 16.0. The zero-order chi connectivity index (χ0) is 27.1. The average Bonchev–Trinajstić information content (AvgIpc) is 3.38. The second-order valence-corrected chi connectivity index (χ2v) is 9.32. The molecule has 0 unspecified atom stereocenters. The van der Waals surface area contributed by atoms with Crippen LogP contribution in [0.2, 0.25) is 0 Å². The van der Waals surface area contributed by atoms with Crippen molar-refractivity contribution >= 4 is 21.8 Å². The van der Waals surface area contributed by atoms with Gasteiger partial charge in [-0.25, -0.2) is 4.57 Å². The van der Waals surface area contributed by atoms with Crippen LogP contribution >= 0.6 is 0 Å². The standard InChI is InChI=1S/C23H13F2N3.C11H8N.Ir/c24-23(25)27-20(12-6-13-21(27)18-10-3-4-14-26-18)17-9-5-8-16-15-7-1-2-11-19(15)28(23)22(16)17;1-2-6-10(7-3-1)11-8-4-5-9-12-11;/h1-12,14H;1-6,8-9H;/q;-1;. The molecule has 201 valence electrons. The normalized spacial score (nSPS) is 12.6. The molecule has 1 aliphatic rings. The Labute approximate surface area is 248 Å². The van der Waals surface area contributed by atoms with Gasteiger partial charge >= 0.3 is 6.17 Å². The van der Waals surface area contributed by atoms with E-state index >= 15 is 8.78 Å². The molecule has 4 aromatic heterocycles. The van der Waals surface area contributed by atoms with Crippen LogP contribution in [0.3, 0.4) is 0 Å². The minimum atomic E-state index is -3.31. The van der Waals surface area contributed by atoms with E-state index in [0.29, 0.717) is 22.4 Å². The number of aromatic nitrogens is 4. The summed E-state index contributed by atoms with van der Waals surface area (Å²) in [5.74, 6) is 0. The Morgan fingerprint density at radius 3 is 2.10 bits per heavy atom. The van der Waals surface area contributed by atoms with E-state index in [1.807, 2.05) is 72.8 Å². The number of nitrogens with zero attached hydrogens (tertiary/aromatic N) is 4. The van der Waals surface area contributed by atoms with Gasteiger partial charge in [0.1, 0.15) is 5.69 Å². The Hall–Kier alpha value is -4.58. The van der Waals surface area contributed by atoms with Crippen LogP contribution < -0.4 is 4.57 Å².